The van der Waals surface area contributed by atoms with Crippen molar-refractivity contribution >= 4 is 54.3 Å². The molecule has 0 spiro atoms. The molecule has 0 radical (unpaired) electrons. The van der Waals surface area contributed by atoms with Gasteiger partial charge in [0.05, 0.1) is 66.8 Å². The monoisotopic (exact) mass is 1850 g/mol. The Morgan fingerprint density at radius 1 is 0.299 bits per heavy atom. The summed E-state index contributed by atoms with van der Waals surface area (Å²) in [5.41, 5.74) is 2.80. The minimum absolute atomic E-state index is 0.00113. The van der Waals surface area contributed by atoms with Crippen LogP contribution in [0.15, 0.2) is 249 Å². The van der Waals surface area contributed by atoms with E-state index in [9.17, 15) is 51.9 Å². The third kappa shape index (κ3) is 43.9. The third-order valence-corrected chi connectivity index (χ3v) is 20.1. The van der Waals surface area contributed by atoms with Crippen molar-refractivity contribution < 1.29 is 94.6 Å². The highest BCUT2D eigenvalue weighted by Crippen LogP contribution is 2.23. The SMILES string of the molecule is CC(C)[C@@H](COc1ccc(F)cc1F)NC(=O)C[C@H](NC(=O)OCc1ccccc1)[C@H](Cc1ccccc1)NC(=O)OC(C)(C)C.CC(C)[C@@H](COc1cccnc1)NC(=O)C[C@H](NC(=O)OCc1ccccc1)[C@H](Cc1ccccc1)NC(=O)OC(C)(C)C.CC(C)[C@H](COc1cccnc1)NC(=O)C[C@H](NC(=O)OCc1ccccc1)[C@H](Cc1ccccc1)NC(=O)OC(C)(C)C. The number of nitrogens with zero attached hydrogens (tertiary/aromatic N) is 2. The van der Waals surface area contributed by atoms with Crippen LogP contribution in [0.4, 0.5) is 37.5 Å². The van der Waals surface area contributed by atoms with Gasteiger partial charge in [-0.1, -0.05) is 224 Å². The van der Waals surface area contributed by atoms with Gasteiger partial charge in [0.1, 0.15) is 73.8 Å². The van der Waals surface area contributed by atoms with Gasteiger partial charge in [-0.3, -0.25) is 24.4 Å². The van der Waals surface area contributed by atoms with Crippen molar-refractivity contribution in [2.75, 3.05) is 19.8 Å². The summed E-state index contributed by atoms with van der Waals surface area (Å²) in [5.74, 6) is -1.67. The lowest BCUT2D eigenvalue weighted by molar-refractivity contribution is -0.123. The molecule has 9 N–H and O–H groups in total. The Hall–Kier alpha value is -13.9. The average Bonchev–Trinajstić information content (AvgIpc) is 0.854. The fourth-order valence-corrected chi connectivity index (χ4v) is 13.1. The summed E-state index contributed by atoms with van der Waals surface area (Å²) >= 11 is 0. The van der Waals surface area contributed by atoms with Gasteiger partial charge in [0.25, 0.3) is 0 Å². The number of halogens is 2. The van der Waals surface area contributed by atoms with Crippen LogP contribution in [-0.4, -0.2) is 155 Å². The number of nitrogens with one attached hydrogen (secondary N) is 9. The largest absolute Gasteiger partial charge is 0.490 e. The van der Waals surface area contributed by atoms with Gasteiger partial charge in [0.15, 0.2) is 11.6 Å². The number of ether oxygens (including phenoxy) is 9. The highest BCUT2D eigenvalue weighted by molar-refractivity contribution is 5.81. The van der Waals surface area contributed by atoms with E-state index in [1.165, 1.54) is 6.07 Å². The zero-order chi connectivity index (χ0) is 97.6. The fraction of sp³-hybridized carbons (Fsp3) is 0.408. The van der Waals surface area contributed by atoms with E-state index in [0.717, 1.165) is 45.5 Å². The molecular formula is C103H131F2N11O18. The molecule has 9 amide bonds. The molecule has 720 valence electrons. The molecule has 0 bridgehead atoms. The van der Waals surface area contributed by atoms with Crippen LogP contribution in [0.5, 0.6) is 17.2 Å². The first-order valence-corrected chi connectivity index (χ1v) is 44.8. The van der Waals surface area contributed by atoms with E-state index in [1.54, 1.807) is 111 Å². The van der Waals surface area contributed by atoms with Crippen molar-refractivity contribution in [2.24, 2.45) is 17.8 Å². The number of pyridine rings is 2. The van der Waals surface area contributed by atoms with Gasteiger partial charge < -0.3 is 90.5 Å². The molecule has 0 unspecified atom stereocenters. The molecule has 0 saturated carbocycles. The van der Waals surface area contributed by atoms with Crippen LogP contribution in [0.25, 0.3) is 0 Å². The molecule has 0 fully saturated rings. The smallest absolute Gasteiger partial charge is 0.407 e. The van der Waals surface area contributed by atoms with Crippen molar-refractivity contribution in [2.45, 2.75) is 233 Å². The second-order valence-corrected chi connectivity index (χ2v) is 36.0. The highest BCUT2D eigenvalue weighted by Gasteiger charge is 2.36. The standard InChI is InChI=1S/C35H43F2N3O6.2C34H44N4O6/c1-23(2)30(22-44-31-17-16-26(36)19-27(31)37)38-32(41)20-29(39-33(42)45-21-25-14-10-7-11-15-25)28(18-24-12-8-6-9-13-24)40-34(43)46-35(3,4)5;2*1-24(2)30(23-42-27-17-12-18-35-21-27)36-31(39)20-29(37-32(40)43-22-26-15-10-7-11-16-26)28(19-25-13-8-6-9-14-25)38-33(41)44-34(3,4)5/h6-17,19,23,28-30H,18,20-22H2,1-5H3,(H,38,41)(H,39,42)(H,40,43);2*6-18,21,24,28-30H,19-20,22-23H2,1-5H3,(H,36,39)(H,37,40)(H,38,41)/t2*28-,29-,30+;28-,29-,30-/m000/s1. The molecule has 0 aliphatic heterocycles. The van der Waals surface area contributed by atoms with E-state index in [0.29, 0.717) is 24.3 Å². The van der Waals surface area contributed by atoms with E-state index < -0.39 is 113 Å². The molecule has 0 aliphatic rings. The summed E-state index contributed by atoms with van der Waals surface area (Å²) in [7, 11) is 0. The molecule has 134 heavy (non-hydrogen) atoms. The van der Waals surface area contributed by atoms with Crippen molar-refractivity contribution in [3.8, 4) is 17.2 Å². The van der Waals surface area contributed by atoms with Crippen LogP contribution >= 0.6 is 0 Å². The number of benzene rings is 7. The van der Waals surface area contributed by atoms with E-state index in [4.69, 9.17) is 42.6 Å². The Balaban J connectivity index is 0.000000274. The predicted octanol–water partition coefficient (Wildman–Crippen LogP) is 17.2. The number of amides is 9. The van der Waals surface area contributed by atoms with Gasteiger partial charge in [-0.25, -0.2) is 37.5 Å². The van der Waals surface area contributed by atoms with Gasteiger partial charge >= 0.3 is 36.6 Å². The Morgan fingerprint density at radius 3 is 0.806 bits per heavy atom. The number of carbonyl (C=O) groups is 9. The fourth-order valence-electron chi connectivity index (χ4n) is 13.1. The molecule has 2 aromatic heterocycles. The van der Waals surface area contributed by atoms with Gasteiger partial charge in [-0.15, -0.1) is 0 Å². The van der Waals surface area contributed by atoms with Crippen LogP contribution < -0.4 is 62.1 Å². The number of alkyl carbamates (subject to hydrolysis) is 6. The molecule has 0 aliphatic carbocycles. The molecule has 9 rings (SSSR count). The molecule has 9 atom stereocenters. The van der Waals surface area contributed by atoms with Crippen molar-refractivity contribution in [1.82, 2.24) is 57.8 Å². The summed E-state index contributed by atoms with van der Waals surface area (Å²) in [4.78, 5) is 127. The quantitative estimate of drug-likeness (QED) is 0.0160. The summed E-state index contributed by atoms with van der Waals surface area (Å²) in [6.07, 6.45) is 2.69. The number of hydrogen-bond acceptors (Lipinski definition) is 20. The first-order valence-electron chi connectivity index (χ1n) is 44.8. The van der Waals surface area contributed by atoms with Crippen molar-refractivity contribution in [1.29, 1.82) is 0 Å². The summed E-state index contributed by atoms with van der Waals surface area (Å²) in [6, 6.07) is 60.1. The molecule has 31 heteroatoms. The average molecular weight is 1850 g/mol. The van der Waals surface area contributed by atoms with Crippen LogP contribution in [-0.2, 0) is 81.9 Å². The summed E-state index contributed by atoms with van der Waals surface area (Å²) in [6.45, 7) is 27.9. The van der Waals surface area contributed by atoms with Gasteiger partial charge in [-0.2, -0.15) is 0 Å². The van der Waals surface area contributed by atoms with E-state index in [1.807, 2.05) is 224 Å². The first kappa shape index (κ1) is 107. The Bertz CT molecular complexity index is 4810. The zero-order valence-corrected chi connectivity index (χ0v) is 79.1. The lowest BCUT2D eigenvalue weighted by Crippen LogP contribution is -2.56. The molecule has 9 aromatic rings. The van der Waals surface area contributed by atoms with Crippen LogP contribution in [0.2, 0.25) is 0 Å². The van der Waals surface area contributed by atoms with E-state index >= 15 is 0 Å². The molecular weight excluding hydrogens is 1720 g/mol. The number of rotatable bonds is 42. The summed E-state index contributed by atoms with van der Waals surface area (Å²) < 4.78 is 77.7. The normalized spacial score (nSPS) is 13.2. The van der Waals surface area contributed by atoms with E-state index in [-0.39, 0.29) is 113 Å². The Kier molecular flexibility index (Phi) is 44.4. The van der Waals surface area contributed by atoms with Gasteiger partial charge in [0, 0.05) is 37.7 Å². The molecule has 2 heterocycles. The van der Waals surface area contributed by atoms with E-state index in [2.05, 4.69) is 57.8 Å². The maximum absolute atomic E-state index is 14.2. The predicted molar refractivity (Wildman–Crippen MR) is 506 cm³/mol. The molecule has 0 saturated heterocycles. The van der Waals surface area contributed by atoms with Crippen LogP contribution in [0, 0.1) is 29.4 Å². The second kappa shape index (κ2) is 55.5. The minimum Gasteiger partial charge on any atom is -0.490 e. The zero-order valence-electron chi connectivity index (χ0n) is 79.1. The topological polar surface area (TPSA) is 371 Å². The highest BCUT2D eigenvalue weighted by atomic mass is 19.1. The maximum atomic E-state index is 14.2. The second-order valence-electron chi connectivity index (χ2n) is 36.0. The Labute approximate surface area is 785 Å². The van der Waals surface area contributed by atoms with Crippen molar-refractivity contribution in [3.05, 3.63) is 294 Å². The number of hydrogen-bond donors (Lipinski definition) is 9. The molecule has 7 aromatic carbocycles. The lowest BCUT2D eigenvalue weighted by atomic mass is 9.96. The minimum atomic E-state index is -0.931. The van der Waals surface area contributed by atoms with Crippen LogP contribution in [0.3, 0.4) is 0 Å². The summed E-state index contributed by atoms with van der Waals surface area (Å²) in [5, 5.41) is 26.0. The number of aromatic nitrogens is 2. The molecule has 29 nitrogen and oxygen atoms in total. The maximum Gasteiger partial charge on any atom is 0.407 e. The van der Waals surface area contributed by atoms with Crippen molar-refractivity contribution in [3.63, 3.8) is 0 Å². The third-order valence-electron chi connectivity index (χ3n) is 20.1. The first-order chi connectivity index (χ1) is 63.7. The Morgan fingerprint density at radius 2 is 0.560 bits per heavy atom. The van der Waals surface area contributed by atoms with Gasteiger partial charge in [0.2, 0.25) is 17.7 Å². The lowest BCUT2D eigenvalue weighted by Gasteiger charge is -2.31. The van der Waals surface area contributed by atoms with Gasteiger partial charge in [-0.05, 0) is 169 Å². The number of carbonyl (C=O) groups excluding carboxylic acids is 9. The van der Waals surface area contributed by atoms with Crippen LogP contribution in [0.1, 0.15) is 156 Å².